The van der Waals surface area contributed by atoms with E-state index in [1.54, 1.807) is 30.7 Å². The number of hydrazone groups is 1. The van der Waals surface area contributed by atoms with Crippen LogP contribution in [0.4, 0.5) is 0 Å². The lowest BCUT2D eigenvalue weighted by Gasteiger charge is -2.27. The van der Waals surface area contributed by atoms with Gasteiger partial charge in [0.25, 0.3) is 5.91 Å². The smallest absolute Gasteiger partial charge is 0.338 e. The molecule has 13 heteroatoms. The van der Waals surface area contributed by atoms with Gasteiger partial charge in [0.1, 0.15) is 22.5 Å². The summed E-state index contributed by atoms with van der Waals surface area (Å²) in [7, 11) is -3.96. The van der Waals surface area contributed by atoms with Crippen LogP contribution < -0.4 is 0 Å². The molecule has 2 fully saturated rings. The summed E-state index contributed by atoms with van der Waals surface area (Å²) in [6.45, 7) is 0.278. The van der Waals surface area contributed by atoms with Crippen molar-refractivity contribution < 1.29 is 36.3 Å². The van der Waals surface area contributed by atoms with Gasteiger partial charge < -0.3 is 18.3 Å². The number of ether oxygens (including phenoxy) is 2. The largest absolute Gasteiger partial charge is 0.467 e. The molecule has 42 heavy (non-hydrogen) atoms. The molecule has 3 aromatic rings. The highest BCUT2D eigenvalue weighted by Gasteiger charge is 2.45. The monoisotopic (exact) mass is 613 g/mol. The average molecular weight is 614 g/mol. The Bertz CT molecular complexity index is 1630. The van der Waals surface area contributed by atoms with E-state index in [9.17, 15) is 18.0 Å². The molecule has 0 N–H and O–H groups in total. The minimum absolute atomic E-state index is 0.0238. The Kier molecular flexibility index (Phi) is 8.04. The van der Waals surface area contributed by atoms with Crippen LogP contribution in [0.25, 0.3) is 6.08 Å². The van der Waals surface area contributed by atoms with Gasteiger partial charge in [-0.3, -0.25) is 4.79 Å². The van der Waals surface area contributed by atoms with Crippen molar-refractivity contribution in [1.29, 1.82) is 0 Å². The maximum Gasteiger partial charge on any atom is 0.338 e. The van der Waals surface area contributed by atoms with Crippen molar-refractivity contribution in [2.45, 2.75) is 30.2 Å². The van der Waals surface area contributed by atoms with Crippen LogP contribution in [0.5, 0.6) is 0 Å². The number of carbonyl (C=O) groups excluding carboxylic acids is 2. The van der Waals surface area contributed by atoms with Gasteiger partial charge in [0.2, 0.25) is 10.0 Å². The molecule has 2 unspecified atom stereocenters. The summed E-state index contributed by atoms with van der Waals surface area (Å²) in [4.78, 5) is 26.2. The average Bonchev–Trinajstić information content (AvgIpc) is 3.78. The van der Waals surface area contributed by atoms with Crippen LogP contribution in [0, 0.1) is 5.92 Å². The number of benzene rings is 1. The molecular formula is C29H28ClN3O8S. The summed E-state index contributed by atoms with van der Waals surface area (Å²) >= 11 is 6.22. The van der Waals surface area contributed by atoms with Crippen LogP contribution in [0.3, 0.4) is 0 Å². The maximum absolute atomic E-state index is 13.5. The van der Waals surface area contributed by atoms with E-state index in [2.05, 4.69) is 0 Å². The van der Waals surface area contributed by atoms with Gasteiger partial charge in [0.05, 0.1) is 42.0 Å². The van der Waals surface area contributed by atoms with E-state index < -0.39 is 34.5 Å². The third-order valence-electron chi connectivity index (χ3n) is 7.53. The van der Waals surface area contributed by atoms with Crippen molar-refractivity contribution in [1.82, 2.24) is 9.31 Å². The lowest BCUT2D eigenvalue weighted by molar-refractivity contribution is -0.137. The van der Waals surface area contributed by atoms with E-state index in [-0.39, 0.29) is 47.7 Å². The standard InChI is InChI=1S/C29H28ClN3O8S/c30-23-9-8-20(17-25(23)42(36,37)32-10-14-38-15-11-32)29(35)41-18-26(34)33-28(24-7-3-13-40-24)22-6-1-4-19(27(22)31-33)16-21-5-2-12-39-21/h2-3,5,7-9,12-13,16-17,22,28H,1,4,6,10-11,14-15,18H2. The first-order valence-electron chi connectivity index (χ1n) is 13.6. The Morgan fingerprint density at radius 1 is 1.10 bits per heavy atom. The first-order valence-corrected chi connectivity index (χ1v) is 15.4. The number of esters is 1. The Morgan fingerprint density at radius 2 is 1.88 bits per heavy atom. The number of rotatable bonds is 7. The molecule has 2 aliphatic heterocycles. The predicted molar refractivity (Wildman–Crippen MR) is 151 cm³/mol. The molecule has 220 valence electrons. The van der Waals surface area contributed by atoms with Crippen LogP contribution in [-0.4, -0.2) is 68.2 Å². The van der Waals surface area contributed by atoms with Crippen molar-refractivity contribution in [2.75, 3.05) is 32.9 Å². The first-order chi connectivity index (χ1) is 20.3. The van der Waals surface area contributed by atoms with Gasteiger partial charge in [0.15, 0.2) is 6.61 Å². The SMILES string of the molecule is O=C(OCC(=O)N1N=C2C(=Cc3ccco3)CCCC2C1c1ccco1)c1ccc(Cl)c(S(=O)(=O)N2CCOCC2)c1. The number of amides is 1. The number of hydrogen-bond acceptors (Lipinski definition) is 9. The predicted octanol–water partition coefficient (Wildman–Crippen LogP) is 4.53. The zero-order valence-electron chi connectivity index (χ0n) is 22.5. The van der Waals surface area contributed by atoms with Crippen molar-refractivity contribution >= 4 is 45.3 Å². The second-order valence-electron chi connectivity index (χ2n) is 10.1. The molecule has 1 amide bonds. The molecule has 11 nitrogen and oxygen atoms in total. The van der Waals surface area contributed by atoms with Crippen molar-refractivity contribution in [3.05, 3.63) is 82.7 Å². The molecule has 1 aliphatic carbocycles. The number of halogens is 1. The summed E-state index contributed by atoms with van der Waals surface area (Å²) in [6.07, 6.45) is 7.55. The lowest BCUT2D eigenvalue weighted by Crippen LogP contribution is -2.40. The fourth-order valence-electron chi connectivity index (χ4n) is 5.52. The lowest BCUT2D eigenvalue weighted by atomic mass is 9.79. The third-order valence-corrected chi connectivity index (χ3v) is 9.91. The zero-order chi connectivity index (χ0) is 29.3. The molecule has 2 aromatic heterocycles. The number of nitrogens with zero attached hydrogens (tertiary/aromatic N) is 3. The second-order valence-corrected chi connectivity index (χ2v) is 12.4. The number of sulfonamides is 1. The summed E-state index contributed by atoms with van der Waals surface area (Å²) in [5, 5.41) is 6.00. The first kappa shape index (κ1) is 28.4. The van der Waals surface area contributed by atoms with Crippen LogP contribution in [0.2, 0.25) is 5.02 Å². The highest BCUT2D eigenvalue weighted by atomic mass is 35.5. The van der Waals surface area contributed by atoms with Crippen LogP contribution in [0.15, 0.2) is 79.4 Å². The Labute approximate surface area is 247 Å². The second kappa shape index (κ2) is 11.9. The minimum atomic E-state index is -3.96. The topological polar surface area (TPSA) is 132 Å². The van der Waals surface area contributed by atoms with Crippen molar-refractivity contribution in [3.63, 3.8) is 0 Å². The normalized spacial score (nSPS) is 22.2. The maximum atomic E-state index is 13.5. The Hall–Kier alpha value is -3.71. The molecule has 4 heterocycles. The Morgan fingerprint density at radius 3 is 2.62 bits per heavy atom. The van der Waals surface area contributed by atoms with E-state index >= 15 is 0 Å². The van der Waals surface area contributed by atoms with E-state index in [4.69, 9.17) is 35.0 Å². The van der Waals surface area contributed by atoms with Gasteiger partial charge in [0, 0.05) is 19.0 Å². The van der Waals surface area contributed by atoms with Gasteiger partial charge in [-0.15, -0.1) is 0 Å². The molecule has 0 bridgehead atoms. The number of morpholine rings is 1. The molecule has 3 aliphatic rings. The Balaban J connectivity index is 1.21. The third kappa shape index (κ3) is 5.54. The van der Waals surface area contributed by atoms with Gasteiger partial charge in [-0.05, 0) is 73.4 Å². The molecule has 6 rings (SSSR count). The van der Waals surface area contributed by atoms with Crippen LogP contribution >= 0.6 is 11.6 Å². The highest BCUT2D eigenvalue weighted by Crippen LogP contribution is 2.44. The minimum Gasteiger partial charge on any atom is -0.467 e. The van der Waals surface area contributed by atoms with Crippen LogP contribution in [-0.2, 0) is 24.3 Å². The van der Waals surface area contributed by atoms with Gasteiger partial charge in [-0.1, -0.05) is 11.6 Å². The van der Waals surface area contributed by atoms with E-state index in [0.29, 0.717) is 11.5 Å². The van der Waals surface area contributed by atoms with Crippen molar-refractivity contribution in [2.24, 2.45) is 11.0 Å². The molecule has 0 radical (unpaired) electrons. The molecule has 0 spiro atoms. The van der Waals surface area contributed by atoms with Gasteiger partial charge >= 0.3 is 5.97 Å². The number of furan rings is 2. The highest BCUT2D eigenvalue weighted by molar-refractivity contribution is 7.89. The molecule has 1 saturated heterocycles. The molecule has 1 aromatic carbocycles. The van der Waals surface area contributed by atoms with E-state index in [1.807, 2.05) is 12.1 Å². The number of fused-ring (bicyclic) bond motifs is 1. The van der Waals surface area contributed by atoms with Gasteiger partial charge in [-0.2, -0.15) is 9.41 Å². The number of carbonyl (C=O) groups is 2. The fraction of sp³-hybridized carbons (Fsp3) is 0.345. The summed E-state index contributed by atoms with van der Waals surface area (Å²) in [5.74, 6) is -0.238. The molecule has 2 atom stereocenters. The molecule has 1 saturated carbocycles. The number of hydrogen-bond donors (Lipinski definition) is 0. The van der Waals surface area contributed by atoms with Crippen LogP contribution in [0.1, 0.15) is 47.2 Å². The fourth-order valence-corrected chi connectivity index (χ4v) is 7.43. The molecular weight excluding hydrogens is 586 g/mol. The summed E-state index contributed by atoms with van der Waals surface area (Å²) < 4.78 is 49.4. The zero-order valence-corrected chi connectivity index (χ0v) is 24.1. The quantitative estimate of drug-likeness (QED) is 0.355. The van der Waals surface area contributed by atoms with Crippen molar-refractivity contribution in [3.8, 4) is 0 Å². The summed E-state index contributed by atoms with van der Waals surface area (Å²) in [6, 6.07) is 10.6. The van der Waals surface area contributed by atoms with E-state index in [1.165, 1.54) is 27.5 Å². The summed E-state index contributed by atoms with van der Waals surface area (Å²) in [5.41, 5.74) is 1.70. The van der Waals surface area contributed by atoms with E-state index in [0.717, 1.165) is 30.5 Å². The van der Waals surface area contributed by atoms with Gasteiger partial charge in [-0.25, -0.2) is 18.2 Å². The number of allylic oxidation sites excluding steroid dienone is 1.